The van der Waals surface area contributed by atoms with Crippen molar-refractivity contribution >= 4 is 0 Å². The van der Waals surface area contributed by atoms with Gasteiger partial charge in [0.05, 0.1) is 12.7 Å². The summed E-state index contributed by atoms with van der Waals surface area (Å²) in [6.45, 7) is 4.52. The molecule has 1 aliphatic rings. The van der Waals surface area contributed by atoms with Crippen LogP contribution in [0.4, 0.5) is 0 Å². The summed E-state index contributed by atoms with van der Waals surface area (Å²) < 4.78 is 5.58. The Morgan fingerprint density at radius 3 is 3.07 bits per heavy atom. The summed E-state index contributed by atoms with van der Waals surface area (Å²) in [5.41, 5.74) is 1.26. The molecule has 15 heavy (non-hydrogen) atoms. The van der Waals surface area contributed by atoms with Gasteiger partial charge in [-0.2, -0.15) is 0 Å². The first-order valence-electron chi connectivity index (χ1n) is 5.37. The average Bonchev–Trinajstić information content (AvgIpc) is 2.32. The summed E-state index contributed by atoms with van der Waals surface area (Å²) in [7, 11) is 0. The summed E-state index contributed by atoms with van der Waals surface area (Å²) >= 11 is 0. The van der Waals surface area contributed by atoms with Crippen LogP contribution in [0.3, 0.4) is 0 Å². The minimum absolute atomic E-state index is 0.306. The third-order valence-corrected chi connectivity index (χ3v) is 2.45. The Kier molecular flexibility index (Phi) is 4.08. The van der Waals surface area contributed by atoms with Crippen LogP contribution in [-0.4, -0.2) is 37.3 Å². The van der Waals surface area contributed by atoms with Crippen molar-refractivity contribution in [3.63, 3.8) is 0 Å². The van der Waals surface area contributed by atoms with Crippen LogP contribution < -0.4 is 10.6 Å². The number of aromatic nitrogens is 1. The van der Waals surface area contributed by atoms with Crippen molar-refractivity contribution in [2.75, 3.05) is 26.2 Å². The molecule has 2 rings (SSSR count). The number of hydrogen-bond donors (Lipinski definition) is 2. The van der Waals surface area contributed by atoms with Crippen molar-refractivity contribution in [1.29, 1.82) is 0 Å². The van der Waals surface area contributed by atoms with E-state index >= 15 is 0 Å². The molecule has 1 saturated heterocycles. The van der Waals surface area contributed by atoms with Crippen LogP contribution in [0.1, 0.15) is 5.56 Å². The SMILES string of the molecule is c1cc(CNCC2CNCCO2)ccn1. The normalized spacial score (nSPS) is 21.5. The van der Waals surface area contributed by atoms with E-state index in [-0.39, 0.29) is 0 Å². The lowest BCUT2D eigenvalue weighted by atomic mass is 10.2. The molecule has 0 radical (unpaired) electrons. The van der Waals surface area contributed by atoms with Crippen molar-refractivity contribution in [3.8, 4) is 0 Å². The van der Waals surface area contributed by atoms with Gasteiger partial charge in [0.15, 0.2) is 0 Å². The minimum Gasteiger partial charge on any atom is -0.374 e. The molecular weight excluding hydrogens is 190 g/mol. The van der Waals surface area contributed by atoms with E-state index in [0.717, 1.165) is 32.8 Å². The second-order valence-corrected chi connectivity index (χ2v) is 3.68. The fourth-order valence-electron chi connectivity index (χ4n) is 1.63. The Morgan fingerprint density at radius 1 is 1.47 bits per heavy atom. The summed E-state index contributed by atoms with van der Waals surface area (Å²) in [6, 6.07) is 4.04. The maximum absolute atomic E-state index is 5.58. The first-order chi connectivity index (χ1) is 7.45. The minimum atomic E-state index is 0.306. The Bertz CT molecular complexity index is 272. The highest BCUT2D eigenvalue weighted by molar-refractivity contribution is 5.08. The second kappa shape index (κ2) is 5.80. The van der Waals surface area contributed by atoms with Gasteiger partial charge in [0.2, 0.25) is 0 Å². The molecule has 0 aromatic carbocycles. The number of rotatable bonds is 4. The number of pyridine rings is 1. The van der Waals surface area contributed by atoms with Gasteiger partial charge in [-0.05, 0) is 17.7 Å². The molecule has 2 heterocycles. The Labute approximate surface area is 90.0 Å². The predicted octanol–water partition coefficient (Wildman–Crippen LogP) is 0.160. The van der Waals surface area contributed by atoms with Crippen LogP contribution in [0.15, 0.2) is 24.5 Å². The van der Waals surface area contributed by atoms with Gasteiger partial charge < -0.3 is 15.4 Å². The molecule has 1 aliphatic heterocycles. The second-order valence-electron chi connectivity index (χ2n) is 3.68. The molecule has 1 atom stereocenters. The zero-order valence-corrected chi connectivity index (χ0v) is 8.78. The number of morpholine rings is 1. The van der Waals surface area contributed by atoms with Crippen LogP contribution >= 0.6 is 0 Å². The van der Waals surface area contributed by atoms with Gasteiger partial charge in [-0.15, -0.1) is 0 Å². The van der Waals surface area contributed by atoms with Crippen LogP contribution in [0, 0.1) is 0 Å². The number of ether oxygens (including phenoxy) is 1. The molecule has 0 amide bonds. The molecule has 2 N–H and O–H groups in total. The van der Waals surface area contributed by atoms with E-state index in [0.29, 0.717) is 6.10 Å². The molecule has 0 saturated carbocycles. The van der Waals surface area contributed by atoms with E-state index in [9.17, 15) is 0 Å². The molecule has 1 unspecified atom stereocenters. The van der Waals surface area contributed by atoms with E-state index in [4.69, 9.17) is 4.74 Å². The molecule has 1 fully saturated rings. The molecule has 4 nitrogen and oxygen atoms in total. The lowest BCUT2D eigenvalue weighted by molar-refractivity contribution is 0.0290. The van der Waals surface area contributed by atoms with Gasteiger partial charge in [-0.25, -0.2) is 0 Å². The standard InChI is InChI=1S/C11H17N3O/c1-3-12-4-2-10(1)7-14-9-11-8-13-5-6-15-11/h1-4,11,13-14H,5-9H2. The van der Waals surface area contributed by atoms with Gasteiger partial charge in [0.25, 0.3) is 0 Å². The summed E-state index contributed by atoms with van der Waals surface area (Å²) in [4.78, 5) is 3.98. The molecule has 4 heteroatoms. The molecule has 0 bridgehead atoms. The quantitative estimate of drug-likeness (QED) is 0.738. The van der Waals surface area contributed by atoms with Crippen LogP contribution in [0.5, 0.6) is 0 Å². The smallest absolute Gasteiger partial charge is 0.0824 e. The van der Waals surface area contributed by atoms with E-state index < -0.39 is 0 Å². The van der Waals surface area contributed by atoms with Gasteiger partial charge in [0.1, 0.15) is 0 Å². The predicted molar refractivity (Wildman–Crippen MR) is 58.6 cm³/mol. The van der Waals surface area contributed by atoms with Crippen molar-refractivity contribution in [1.82, 2.24) is 15.6 Å². The van der Waals surface area contributed by atoms with Gasteiger partial charge in [-0.1, -0.05) is 0 Å². The highest BCUT2D eigenvalue weighted by Gasteiger charge is 2.11. The maximum atomic E-state index is 5.58. The maximum Gasteiger partial charge on any atom is 0.0824 e. The Hall–Kier alpha value is -0.970. The molecular formula is C11H17N3O. The van der Waals surface area contributed by atoms with Crippen molar-refractivity contribution in [2.45, 2.75) is 12.6 Å². The lowest BCUT2D eigenvalue weighted by Crippen LogP contribution is -2.43. The number of nitrogens with one attached hydrogen (secondary N) is 2. The third-order valence-electron chi connectivity index (χ3n) is 2.45. The number of nitrogens with zero attached hydrogens (tertiary/aromatic N) is 1. The first-order valence-corrected chi connectivity index (χ1v) is 5.37. The fraction of sp³-hybridized carbons (Fsp3) is 0.545. The Balaban J connectivity index is 1.66. The van der Waals surface area contributed by atoms with Crippen molar-refractivity contribution in [2.24, 2.45) is 0 Å². The number of hydrogen-bond acceptors (Lipinski definition) is 4. The fourth-order valence-corrected chi connectivity index (χ4v) is 1.63. The van der Waals surface area contributed by atoms with E-state index in [2.05, 4.69) is 15.6 Å². The first kappa shape index (κ1) is 10.5. The zero-order valence-electron chi connectivity index (χ0n) is 8.78. The molecule has 0 aliphatic carbocycles. The van der Waals surface area contributed by atoms with Crippen LogP contribution in [0.25, 0.3) is 0 Å². The highest BCUT2D eigenvalue weighted by atomic mass is 16.5. The van der Waals surface area contributed by atoms with Crippen molar-refractivity contribution in [3.05, 3.63) is 30.1 Å². The summed E-state index contributed by atoms with van der Waals surface area (Å²) in [5.74, 6) is 0. The van der Waals surface area contributed by atoms with Crippen molar-refractivity contribution < 1.29 is 4.74 Å². The molecule has 0 spiro atoms. The van der Waals surface area contributed by atoms with E-state index in [1.807, 2.05) is 24.5 Å². The van der Waals surface area contributed by atoms with Gasteiger partial charge in [-0.3, -0.25) is 4.98 Å². The summed E-state index contributed by atoms with van der Waals surface area (Å²) in [6.07, 6.45) is 3.94. The van der Waals surface area contributed by atoms with Crippen LogP contribution in [0.2, 0.25) is 0 Å². The van der Waals surface area contributed by atoms with Crippen LogP contribution in [-0.2, 0) is 11.3 Å². The van der Waals surface area contributed by atoms with E-state index in [1.165, 1.54) is 5.56 Å². The van der Waals surface area contributed by atoms with Gasteiger partial charge >= 0.3 is 0 Å². The zero-order chi connectivity index (χ0) is 10.3. The highest BCUT2D eigenvalue weighted by Crippen LogP contribution is 1.97. The average molecular weight is 207 g/mol. The molecule has 1 aromatic heterocycles. The topological polar surface area (TPSA) is 46.2 Å². The van der Waals surface area contributed by atoms with Gasteiger partial charge in [0, 0.05) is 38.6 Å². The summed E-state index contributed by atoms with van der Waals surface area (Å²) in [5, 5.41) is 6.69. The Morgan fingerprint density at radius 2 is 2.33 bits per heavy atom. The van der Waals surface area contributed by atoms with E-state index in [1.54, 1.807) is 0 Å². The lowest BCUT2D eigenvalue weighted by Gasteiger charge is -2.23. The molecule has 1 aromatic rings. The monoisotopic (exact) mass is 207 g/mol. The third kappa shape index (κ3) is 3.58. The molecule has 82 valence electrons. The largest absolute Gasteiger partial charge is 0.374 e.